The summed E-state index contributed by atoms with van der Waals surface area (Å²) < 4.78 is 5.83. The molecule has 0 radical (unpaired) electrons. The molecule has 2 atom stereocenters. The van der Waals surface area contributed by atoms with Gasteiger partial charge in [0.2, 0.25) is 0 Å². The van der Waals surface area contributed by atoms with Crippen molar-refractivity contribution < 1.29 is 14.6 Å². The molecule has 1 aliphatic heterocycles. The fourth-order valence-corrected chi connectivity index (χ4v) is 4.16. The fraction of sp³-hybridized carbons (Fsp3) is 0.714. The van der Waals surface area contributed by atoms with Crippen LogP contribution in [0.4, 0.5) is 0 Å². The lowest BCUT2D eigenvalue weighted by molar-refractivity contribution is -0.139. The summed E-state index contributed by atoms with van der Waals surface area (Å²) in [4.78, 5) is 19.5. The van der Waals surface area contributed by atoms with Crippen LogP contribution < -0.4 is 0 Å². The third-order valence-corrected chi connectivity index (χ3v) is 5.37. The number of ether oxygens (including phenoxy) is 1. The van der Waals surface area contributed by atoms with E-state index in [-0.39, 0.29) is 6.10 Å². The molecule has 2 unspecified atom stereocenters. The lowest BCUT2D eigenvalue weighted by Crippen LogP contribution is -2.38. The normalized spacial score (nSPS) is 27.2. The van der Waals surface area contributed by atoms with Crippen molar-refractivity contribution >= 4 is 17.3 Å². The molecule has 0 aromatic carbocycles. The molecule has 1 aromatic rings. The summed E-state index contributed by atoms with van der Waals surface area (Å²) in [6.07, 6.45) is 2.62. The summed E-state index contributed by atoms with van der Waals surface area (Å²) in [5.74, 6) is -1.17. The number of likely N-dealkylation sites (N-methyl/N-ethyl adjacent to an activating group) is 1. The number of aryl methyl sites for hydroxylation is 1. The number of rotatable bonds is 3. The van der Waals surface area contributed by atoms with E-state index in [1.54, 1.807) is 11.3 Å². The molecule has 0 spiro atoms. The van der Waals surface area contributed by atoms with Crippen LogP contribution in [0.5, 0.6) is 0 Å². The van der Waals surface area contributed by atoms with Gasteiger partial charge in [0.1, 0.15) is 11.1 Å². The van der Waals surface area contributed by atoms with Gasteiger partial charge in [-0.1, -0.05) is 6.92 Å². The first-order valence-corrected chi connectivity index (χ1v) is 8.07. The van der Waals surface area contributed by atoms with Gasteiger partial charge in [0.15, 0.2) is 0 Å². The highest BCUT2D eigenvalue weighted by atomic mass is 32.1. The zero-order valence-electron chi connectivity index (χ0n) is 11.7. The van der Waals surface area contributed by atoms with Crippen LogP contribution in [0, 0.1) is 0 Å². The highest BCUT2D eigenvalue weighted by molar-refractivity contribution is 7.11. The molecule has 6 heteroatoms. The van der Waals surface area contributed by atoms with Gasteiger partial charge in [0.25, 0.3) is 0 Å². The van der Waals surface area contributed by atoms with Gasteiger partial charge in [-0.2, -0.15) is 0 Å². The van der Waals surface area contributed by atoms with E-state index in [9.17, 15) is 9.90 Å². The third-order valence-electron chi connectivity index (χ3n) is 4.14. The first kappa shape index (κ1) is 14.0. The third kappa shape index (κ3) is 2.60. The van der Waals surface area contributed by atoms with Crippen molar-refractivity contribution in [2.24, 2.45) is 0 Å². The Morgan fingerprint density at radius 2 is 2.45 bits per heavy atom. The maximum Gasteiger partial charge on any atom is 0.312 e. The number of thiazole rings is 1. The van der Waals surface area contributed by atoms with Crippen LogP contribution in [0.3, 0.4) is 0 Å². The first-order chi connectivity index (χ1) is 9.69. The minimum atomic E-state index is -0.748. The van der Waals surface area contributed by atoms with E-state index in [0.29, 0.717) is 6.42 Å². The Balaban J connectivity index is 1.83. The minimum absolute atomic E-state index is 0.00810. The molecule has 2 heterocycles. The van der Waals surface area contributed by atoms with E-state index in [1.807, 2.05) is 0 Å². The Kier molecular flexibility index (Phi) is 4.05. The van der Waals surface area contributed by atoms with Crippen LogP contribution in [0.1, 0.15) is 47.4 Å². The SMILES string of the molecule is CCN1CCOC(c2nc3c(s2)CCCC3C(=O)O)C1. The second-order valence-electron chi connectivity index (χ2n) is 5.40. The van der Waals surface area contributed by atoms with E-state index >= 15 is 0 Å². The van der Waals surface area contributed by atoms with Crippen LogP contribution in [0.2, 0.25) is 0 Å². The molecule has 1 saturated heterocycles. The van der Waals surface area contributed by atoms with Crippen LogP contribution in [-0.2, 0) is 16.0 Å². The lowest BCUT2D eigenvalue weighted by Gasteiger charge is -2.30. The molecule has 0 amide bonds. The molecule has 20 heavy (non-hydrogen) atoms. The summed E-state index contributed by atoms with van der Waals surface area (Å²) in [6.45, 7) is 5.72. The summed E-state index contributed by atoms with van der Waals surface area (Å²) in [7, 11) is 0. The molecule has 0 saturated carbocycles. The Morgan fingerprint density at radius 3 is 3.20 bits per heavy atom. The van der Waals surface area contributed by atoms with E-state index in [1.165, 1.54) is 0 Å². The Morgan fingerprint density at radius 1 is 1.60 bits per heavy atom. The first-order valence-electron chi connectivity index (χ1n) is 7.25. The van der Waals surface area contributed by atoms with Crippen LogP contribution in [0.25, 0.3) is 0 Å². The topological polar surface area (TPSA) is 62.7 Å². The van der Waals surface area contributed by atoms with Crippen molar-refractivity contribution in [1.29, 1.82) is 0 Å². The van der Waals surface area contributed by atoms with Crippen LogP contribution in [0.15, 0.2) is 0 Å². The number of morpholine rings is 1. The zero-order valence-corrected chi connectivity index (χ0v) is 12.5. The molecule has 3 rings (SSSR count). The predicted molar refractivity (Wildman–Crippen MR) is 76.2 cm³/mol. The molecule has 0 bridgehead atoms. The average molecular weight is 296 g/mol. The lowest BCUT2D eigenvalue weighted by atomic mass is 9.91. The average Bonchev–Trinajstić information content (AvgIpc) is 2.91. The largest absolute Gasteiger partial charge is 0.481 e. The van der Waals surface area contributed by atoms with Crippen molar-refractivity contribution in [1.82, 2.24) is 9.88 Å². The van der Waals surface area contributed by atoms with Gasteiger partial charge in [-0.25, -0.2) is 4.98 Å². The van der Waals surface area contributed by atoms with Gasteiger partial charge in [0.05, 0.1) is 18.2 Å². The number of aromatic nitrogens is 1. The highest BCUT2D eigenvalue weighted by Gasteiger charge is 2.32. The van der Waals surface area contributed by atoms with Crippen molar-refractivity contribution in [3.63, 3.8) is 0 Å². The molecule has 5 nitrogen and oxygen atoms in total. The van der Waals surface area contributed by atoms with E-state index in [2.05, 4.69) is 16.8 Å². The number of carboxylic acids is 1. The molecular formula is C14H20N2O3S. The van der Waals surface area contributed by atoms with Crippen molar-refractivity contribution in [2.45, 2.75) is 38.2 Å². The van der Waals surface area contributed by atoms with Gasteiger partial charge in [-0.3, -0.25) is 9.69 Å². The Labute approximate surface area is 122 Å². The van der Waals surface area contributed by atoms with Crippen molar-refractivity contribution in [3.05, 3.63) is 15.6 Å². The number of fused-ring (bicyclic) bond motifs is 1. The number of hydrogen-bond donors (Lipinski definition) is 1. The number of carboxylic acid groups (broad SMARTS) is 1. The summed E-state index contributed by atoms with van der Waals surface area (Å²) in [6, 6.07) is 0. The standard InChI is InChI=1S/C14H20N2O3S/c1-2-16-6-7-19-10(8-16)13-15-12-9(14(17)18)4-3-5-11(12)20-13/h9-10H,2-8H2,1H3,(H,17,18). The van der Waals surface area contributed by atoms with Gasteiger partial charge in [-0.05, 0) is 25.8 Å². The maximum absolute atomic E-state index is 11.3. The number of carbonyl (C=O) groups is 1. The summed E-state index contributed by atoms with van der Waals surface area (Å²) >= 11 is 1.65. The Hall–Kier alpha value is -0.980. The number of nitrogens with zero attached hydrogens (tertiary/aromatic N) is 2. The monoisotopic (exact) mass is 296 g/mol. The smallest absolute Gasteiger partial charge is 0.312 e. The molecular weight excluding hydrogens is 276 g/mol. The van der Waals surface area contributed by atoms with E-state index in [4.69, 9.17) is 4.74 Å². The molecule has 1 aromatic heterocycles. The fourth-order valence-electron chi connectivity index (χ4n) is 2.95. The number of hydrogen-bond acceptors (Lipinski definition) is 5. The highest BCUT2D eigenvalue weighted by Crippen LogP contribution is 2.37. The summed E-state index contributed by atoms with van der Waals surface area (Å²) in [5, 5.41) is 10.3. The second-order valence-corrected chi connectivity index (χ2v) is 6.51. The predicted octanol–water partition coefficient (Wildman–Crippen LogP) is 2.04. The van der Waals surface area contributed by atoms with Crippen LogP contribution in [-0.4, -0.2) is 47.2 Å². The molecule has 110 valence electrons. The number of aliphatic carboxylic acids is 1. The zero-order chi connectivity index (χ0) is 14.1. The van der Waals surface area contributed by atoms with Gasteiger partial charge in [0, 0.05) is 18.0 Å². The van der Waals surface area contributed by atoms with Crippen molar-refractivity contribution in [2.75, 3.05) is 26.2 Å². The second kappa shape index (κ2) is 5.79. The van der Waals surface area contributed by atoms with Crippen molar-refractivity contribution in [3.8, 4) is 0 Å². The molecule has 1 fully saturated rings. The van der Waals surface area contributed by atoms with Gasteiger partial charge >= 0.3 is 5.97 Å². The maximum atomic E-state index is 11.3. The molecule has 1 N–H and O–H groups in total. The van der Waals surface area contributed by atoms with Crippen LogP contribution >= 0.6 is 11.3 Å². The molecule has 2 aliphatic rings. The van der Waals surface area contributed by atoms with Gasteiger partial charge < -0.3 is 9.84 Å². The van der Waals surface area contributed by atoms with E-state index in [0.717, 1.165) is 54.7 Å². The van der Waals surface area contributed by atoms with E-state index < -0.39 is 11.9 Å². The summed E-state index contributed by atoms with van der Waals surface area (Å²) in [5.41, 5.74) is 0.793. The Bertz CT molecular complexity index is 503. The quantitative estimate of drug-likeness (QED) is 0.925. The van der Waals surface area contributed by atoms with Gasteiger partial charge in [-0.15, -0.1) is 11.3 Å². The molecule has 1 aliphatic carbocycles. The minimum Gasteiger partial charge on any atom is -0.481 e.